The second-order valence-corrected chi connectivity index (χ2v) is 5.84. The lowest BCUT2D eigenvalue weighted by atomic mass is 9.94. The van der Waals surface area contributed by atoms with E-state index in [4.69, 9.17) is 5.11 Å². The van der Waals surface area contributed by atoms with E-state index in [2.05, 4.69) is 5.32 Å². The molecule has 0 saturated heterocycles. The predicted molar refractivity (Wildman–Crippen MR) is 76.4 cm³/mol. The van der Waals surface area contributed by atoms with Crippen LogP contribution in [0.15, 0.2) is 24.3 Å². The number of amides is 1. The molecule has 1 aliphatic rings. The molecule has 1 fully saturated rings. The van der Waals surface area contributed by atoms with Gasteiger partial charge in [0.05, 0.1) is 5.41 Å². The summed E-state index contributed by atoms with van der Waals surface area (Å²) in [6.07, 6.45) is 2.20. The number of rotatable bonds is 7. The molecule has 1 aromatic carbocycles. The van der Waals surface area contributed by atoms with Gasteiger partial charge < -0.3 is 10.4 Å². The molecule has 1 saturated carbocycles. The summed E-state index contributed by atoms with van der Waals surface area (Å²) in [5, 5.41) is 11.5. The van der Waals surface area contributed by atoms with Gasteiger partial charge in [0, 0.05) is 13.0 Å². The van der Waals surface area contributed by atoms with Crippen LogP contribution in [-0.2, 0) is 15.0 Å². The zero-order valence-corrected chi connectivity index (χ0v) is 12.1. The van der Waals surface area contributed by atoms with Crippen LogP contribution in [0, 0.1) is 11.7 Å². The number of carbonyl (C=O) groups is 2. The molecule has 1 atom stereocenters. The van der Waals surface area contributed by atoms with Crippen molar-refractivity contribution in [3.8, 4) is 0 Å². The van der Waals surface area contributed by atoms with Crippen LogP contribution < -0.4 is 5.32 Å². The van der Waals surface area contributed by atoms with Gasteiger partial charge in [0.15, 0.2) is 0 Å². The summed E-state index contributed by atoms with van der Waals surface area (Å²) in [5.41, 5.74) is 0.333. The highest BCUT2D eigenvalue weighted by atomic mass is 19.1. The van der Waals surface area contributed by atoms with E-state index in [9.17, 15) is 14.0 Å². The molecule has 21 heavy (non-hydrogen) atoms. The van der Waals surface area contributed by atoms with Crippen LogP contribution in [-0.4, -0.2) is 23.5 Å². The first-order valence-electron chi connectivity index (χ1n) is 7.20. The number of nitrogens with one attached hydrogen (secondary N) is 1. The molecule has 0 aliphatic heterocycles. The lowest BCUT2D eigenvalue weighted by molar-refractivity contribution is -0.137. The molecular weight excluding hydrogens is 273 g/mol. The minimum atomic E-state index is -0.821. The maximum absolute atomic E-state index is 13.0. The van der Waals surface area contributed by atoms with Crippen LogP contribution in [0.25, 0.3) is 0 Å². The minimum absolute atomic E-state index is 0.0451. The van der Waals surface area contributed by atoms with Crippen LogP contribution in [0.1, 0.15) is 38.2 Å². The number of aliphatic carboxylic acids is 1. The molecule has 0 aromatic heterocycles. The topological polar surface area (TPSA) is 66.4 Å². The van der Waals surface area contributed by atoms with E-state index < -0.39 is 11.4 Å². The molecule has 1 aromatic rings. The van der Waals surface area contributed by atoms with Gasteiger partial charge >= 0.3 is 5.97 Å². The number of hydrogen-bond acceptors (Lipinski definition) is 2. The number of halogens is 1. The molecule has 1 aliphatic carbocycles. The first-order chi connectivity index (χ1) is 9.94. The maximum atomic E-state index is 13.0. The molecule has 114 valence electrons. The van der Waals surface area contributed by atoms with Crippen molar-refractivity contribution < 1.29 is 19.1 Å². The summed E-state index contributed by atoms with van der Waals surface area (Å²) in [4.78, 5) is 22.8. The van der Waals surface area contributed by atoms with E-state index in [-0.39, 0.29) is 24.1 Å². The second-order valence-electron chi connectivity index (χ2n) is 5.84. The number of hydrogen-bond donors (Lipinski definition) is 2. The molecule has 2 rings (SSSR count). The Kier molecular flexibility index (Phi) is 4.60. The van der Waals surface area contributed by atoms with Crippen molar-refractivity contribution >= 4 is 11.9 Å². The fraction of sp³-hybridized carbons (Fsp3) is 0.500. The number of carboxylic acids is 1. The molecule has 0 heterocycles. The van der Waals surface area contributed by atoms with Gasteiger partial charge in [-0.2, -0.15) is 0 Å². The molecule has 0 spiro atoms. The smallest absolute Gasteiger partial charge is 0.303 e. The first-order valence-corrected chi connectivity index (χ1v) is 7.20. The van der Waals surface area contributed by atoms with Gasteiger partial charge in [-0.15, -0.1) is 0 Å². The van der Waals surface area contributed by atoms with Gasteiger partial charge in [0.2, 0.25) is 5.91 Å². The fourth-order valence-corrected chi connectivity index (χ4v) is 2.45. The molecule has 0 bridgehead atoms. The predicted octanol–water partition coefficient (Wildman–Crippen LogP) is 2.47. The standard InChI is InChI=1S/C16H20FNO3/c1-11(2-7-14(19)20)10-18-15(21)16(8-9-16)12-3-5-13(17)6-4-12/h3-6,11H,2,7-10H2,1H3,(H,18,21)(H,19,20). The van der Waals surface area contributed by atoms with E-state index in [0.717, 1.165) is 18.4 Å². The largest absolute Gasteiger partial charge is 0.481 e. The van der Waals surface area contributed by atoms with Crippen LogP contribution in [0.3, 0.4) is 0 Å². The Morgan fingerprint density at radius 1 is 1.33 bits per heavy atom. The average Bonchev–Trinajstić information content (AvgIpc) is 3.25. The Morgan fingerprint density at radius 2 is 1.95 bits per heavy atom. The third-order valence-corrected chi connectivity index (χ3v) is 4.04. The Labute approximate surface area is 123 Å². The SMILES string of the molecule is CC(CCC(=O)O)CNC(=O)C1(c2ccc(F)cc2)CC1. The third-order valence-electron chi connectivity index (χ3n) is 4.04. The molecule has 1 amide bonds. The third kappa shape index (κ3) is 3.80. The quantitative estimate of drug-likeness (QED) is 0.811. The summed E-state index contributed by atoms with van der Waals surface area (Å²) >= 11 is 0. The number of benzene rings is 1. The summed E-state index contributed by atoms with van der Waals surface area (Å²) in [7, 11) is 0. The second kappa shape index (κ2) is 6.24. The lowest BCUT2D eigenvalue weighted by Crippen LogP contribution is -2.37. The fourth-order valence-electron chi connectivity index (χ4n) is 2.45. The summed E-state index contributed by atoms with van der Waals surface area (Å²) in [5.74, 6) is -1.05. The van der Waals surface area contributed by atoms with Crippen molar-refractivity contribution in [3.05, 3.63) is 35.6 Å². The highest BCUT2D eigenvalue weighted by Crippen LogP contribution is 2.48. The summed E-state index contributed by atoms with van der Waals surface area (Å²) in [6, 6.07) is 6.07. The number of carbonyl (C=O) groups excluding carboxylic acids is 1. The van der Waals surface area contributed by atoms with Gasteiger partial charge in [0.1, 0.15) is 5.82 Å². The van der Waals surface area contributed by atoms with Gasteiger partial charge in [-0.25, -0.2) is 4.39 Å². The van der Waals surface area contributed by atoms with Crippen molar-refractivity contribution in [2.45, 2.75) is 38.0 Å². The lowest BCUT2D eigenvalue weighted by Gasteiger charge is -2.18. The zero-order chi connectivity index (χ0) is 15.5. The highest BCUT2D eigenvalue weighted by Gasteiger charge is 2.51. The van der Waals surface area contributed by atoms with Crippen molar-refractivity contribution in [2.75, 3.05) is 6.54 Å². The normalized spacial score (nSPS) is 17.0. The molecule has 1 unspecified atom stereocenters. The Balaban J connectivity index is 1.88. The summed E-state index contributed by atoms with van der Waals surface area (Å²) in [6.45, 7) is 2.38. The Morgan fingerprint density at radius 3 is 2.48 bits per heavy atom. The molecular formula is C16H20FNO3. The first kappa shape index (κ1) is 15.5. The van der Waals surface area contributed by atoms with Crippen LogP contribution >= 0.6 is 0 Å². The van der Waals surface area contributed by atoms with E-state index in [0.29, 0.717) is 13.0 Å². The molecule has 4 nitrogen and oxygen atoms in total. The van der Waals surface area contributed by atoms with Crippen LogP contribution in [0.5, 0.6) is 0 Å². The van der Waals surface area contributed by atoms with Gasteiger partial charge in [-0.3, -0.25) is 9.59 Å². The van der Waals surface area contributed by atoms with Crippen LogP contribution in [0.4, 0.5) is 4.39 Å². The molecule has 0 radical (unpaired) electrons. The van der Waals surface area contributed by atoms with Crippen molar-refractivity contribution in [1.29, 1.82) is 0 Å². The highest BCUT2D eigenvalue weighted by molar-refractivity contribution is 5.91. The van der Waals surface area contributed by atoms with E-state index in [1.165, 1.54) is 12.1 Å². The van der Waals surface area contributed by atoms with Crippen molar-refractivity contribution in [2.24, 2.45) is 5.92 Å². The Bertz CT molecular complexity index is 523. The zero-order valence-electron chi connectivity index (χ0n) is 12.1. The van der Waals surface area contributed by atoms with Crippen molar-refractivity contribution in [1.82, 2.24) is 5.32 Å². The summed E-state index contributed by atoms with van der Waals surface area (Å²) < 4.78 is 13.0. The van der Waals surface area contributed by atoms with Gasteiger partial charge in [0.25, 0.3) is 0 Å². The molecule has 2 N–H and O–H groups in total. The number of carboxylic acid groups (broad SMARTS) is 1. The minimum Gasteiger partial charge on any atom is -0.481 e. The van der Waals surface area contributed by atoms with Crippen molar-refractivity contribution in [3.63, 3.8) is 0 Å². The van der Waals surface area contributed by atoms with E-state index in [1.54, 1.807) is 12.1 Å². The maximum Gasteiger partial charge on any atom is 0.303 e. The average molecular weight is 293 g/mol. The van der Waals surface area contributed by atoms with E-state index >= 15 is 0 Å². The van der Waals surface area contributed by atoms with Gasteiger partial charge in [-0.05, 0) is 42.9 Å². The van der Waals surface area contributed by atoms with E-state index in [1.807, 2.05) is 6.92 Å². The monoisotopic (exact) mass is 293 g/mol. The molecule has 5 heteroatoms. The Hall–Kier alpha value is -1.91. The van der Waals surface area contributed by atoms with Gasteiger partial charge in [-0.1, -0.05) is 19.1 Å². The van der Waals surface area contributed by atoms with Crippen LogP contribution in [0.2, 0.25) is 0 Å².